The molecule has 0 aliphatic heterocycles. The summed E-state index contributed by atoms with van der Waals surface area (Å²) in [6.07, 6.45) is 6.94. The Bertz CT molecular complexity index is 330. The number of fused-ring (bicyclic) bond motifs is 1. The van der Waals surface area contributed by atoms with E-state index in [2.05, 4.69) is 24.3 Å². The molecule has 84 valence electrons. The Balaban J connectivity index is 2.15. The zero-order valence-corrected chi connectivity index (χ0v) is 9.95. The topological polar surface area (TPSA) is 29.9 Å². The van der Waals surface area contributed by atoms with E-state index in [-0.39, 0.29) is 0 Å². The van der Waals surface area contributed by atoms with Gasteiger partial charge in [-0.3, -0.25) is 4.68 Å². The highest BCUT2D eigenvalue weighted by atomic mass is 15.3. The fraction of sp³-hybridized carbons (Fsp3) is 0.750. The molecule has 0 spiro atoms. The first-order chi connectivity index (χ1) is 7.22. The highest BCUT2D eigenvalue weighted by Crippen LogP contribution is 2.29. The SMILES string of the molecule is CCC(C)NC1CCCc2c1cnn2C. The molecule has 1 aliphatic carbocycles. The van der Waals surface area contributed by atoms with E-state index in [0.717, 1.165) is 0 Å². The molecule has 0 fully saturated rings. The third kappa shape index (κ3) is 2.07. The molecule has 1 aromatic heterocycles. The van der Waals surface area contributed by atoms with Gasteiger partial charge in [-0.25, -0.2) is 0 Å². The molecular formula is C12H21N3. The number of aromatic nitrogens is 2. The lowest BCUT2D eigenvalue weighted by Crippen LogP contribution is -2.32. The van der Waals surface area contributed by atoms with Crippen molar-refractivity contribution >= 4 is 0 Å². The van der Waals surface area contributed by atoms with Gasteiger partial charge in [-0.05, 0) is 32.6 Å². The molecule has 0 amide bonds. The van der Waals surface area contributed by atoms with E-state index in [0.29, 0.717) is 12.1 Å². The Morgan fingerprint density at radius 1 is 1.67 bits per heavy atom. The molecule has 3 heteroatoms. The van der Waals surface area contributed by atoms with Gasteiger partial charge in [0.2, 0.25) is 0 Å². The maximum Gasteiger partial charge on any atom is 0.0540 e. The number of hydrogen-bond acceptors (Lipinski definition) is 2. The van der Waals surface area contributed by atoms with E-state index in [9.17, 15) is 0 Å². The first kappa shape index (κ1) is 10.7. The number of aryl methyl sites for hydroxylation is 1. The van der Waals surface area contributed by atoms with Gasteiger partial charge < -0.3 is 5.32 Å². The first-order valence-corrected chi connectivity index (χ1v) is 5.99. The van der Waals surface area contributed by atoms with Crippen LogP contribution >= 0.6 is 0 Å². The van der Waals surface area contributed by atoms with Crippen LogP contribution in [0.15, 0.2) is 6.20 Å². The van der Waals surface area contributed by atoms with Crippen LogP contribution in [0.4, 0.5) is 0 Å². The molecule has 0 radical (unpaired) electrons. The minimum absolute atomic E-state index is 0.525. The van der Waals surface area contributed by atoms with Crippen molar-refractivity contribution in [1.82, 2.24) is 15.1 Å². The average Bonchev–Trinajstić information content (AvgIpc) is 2.62. The molecule has 0 aromatic carbocycles. The van der Waals surface area contributed by atoms with Crippen LogP contribution < -0.4 is 5.32 Å². The molecule has 2 unspecified atom stereocenters. The summed E-state index contributed by atoms with van der Waals surface area (Å²) in [5.74, 6) is 0. The van der Waals surface area contributed by atoms with Crippen molar-refractivity contribution in [3.05, 3.63) is 17.5 Å². The van der Waals surface area contributed by atoms with E-state index in [1.807, 2.05) is 17.9 Å². The Morgan fingerprint density at radius 3 is 3.20 bits per heavy atom. The van der Waals surface area contributed by atoms with Gasteiger partial charge in [0.25, 0.3) is 0 Å². The Labute approximate surface area is 91.9 Å². The van der Waals surface area contributed by atoms with Gasteiger partial charge in [-0.2, -0.15) is 5.10 Å². The molecule has 1 aromatic rings. The van der Waals surface area contributed by atoms with Crippen molar-refractivity contribution in [2.24, 2.45) is 7.05 Å². The molecule has 0 bridgehead atoms. The summed E-state index contributed by atoms with van der Waals surface area (Å²) in [6, 6.07) is 1.12. The molecule has 2 rings (SSSR count). The summed E-state index contributed by atoms with van der Waals surface area (Å²) in [7, 11) is 2.05. The molecule has 2 atom stereocenters. The lowest BCUT2D eigenvalue weighted by Gasteiger charge is -2.26. The number of hydrogen-bond donors (Lipinski definition) is 1. The van der Waals surface area contributed by atoms with Gasteiger partial charge in [-0.1, -0.05) is 6.92 Å². The van der Waals surface area contributed by atoms with Crippen LogP contribution in [-0.2, 0) is 13.5 Å². The molecule has 15 heavy (non-hydrogen) atoms. The van der Waals surface area contributed by atoms with Crippen LogP contribution in [0.3, 0.4) is 0 Å². The largest absolute Gasteiger partial charge is 0.307 e. The van der Waals surface area contributed by atoms with Gasteiger partial charge in [0.05, 0.1) is 6.20 Å². The molecule has 3 nitrogen and oxygen atoms in total. The van der Waals surface area contributed by atoms with Crippen LogP contribution in [0, 0.1) is 0 Å². The summed E-state index contributed by atoms with van der Waals surface area (Å²) < 4.78 is 2.03. The minimum atomic E-state index is 0.525. The molecule has 1 N–H and O–H groups in total. The molecule has 0 saturated carbocycles. The van der Waals surface area contributed by atoms with Crippen LogP contribution in [0.5, 0.6) is 0 Å². The van der Waals surface area contributed by atoms with Crippen molar-refractivity contribution in [2.75, 3.05) is 0 Å². The number of rotatable bonds is 3. The van der Waals surface area contributed by atoms with E-state index >= 15 is 0 Å². The highest BCUT2D eigenvalue weighted by molar-refractivity contribution is 5.24. The predicted molar refractivity (Wildman–Crippen MR) is 61.8 cm³/mol. The molecule has 1 aliphatic rings. The summed E-state index contributed by atoms with van der Waals surface area (Å²) in [5.41, 5.74) is 2.84. The van der Waals surface area contributed by atoms with Crippen molar-refractivity contribution in [3.8, 4) is 0 Å². The Kier molecular flexibility index (Phi) is 3.10. The predicted octanol–water partition coefficient (Wildman–Crippen LogP) is 2.19. The third-order valence-corrected chi connectivity index (χ3v) is 3.47. The summed E-state index contributed by atoms with van der Waals surface area (Å²) >= 11 is 0. The second-order valence-corrected chi connectivity index (χ2v) is 4.59. The maximum atomic E-state index is 4.36. The summed E-state index contributed by atoms with van der Waals surface area (Å²) in [6.45, 7) is 4.48. The van der Waals surface area contributed by atoms with Gasteiger partial charge in [-0.15, -0.1) is 0 Å². The van der Waals surface area contributed by atoms with E-state index in [1.54, 1.807) is 0 Å². The normalized spacial score (nSPS) is 22.5. The van der Waals surface area contributed by atoms with Crippen LogP contribution in [0.2, 0.25) is 0 Å². The van der Waals surface area contributed by atoms with Gasteiger partial charge in [0, 0.05) is 30.4 Å². The van der Waals surface area contributed by atoms with Crippen molar-refractivity contribution in [1.29, 1.82) is 0 Å². The third-order valence-electron chi connectivity index (χ3n) is 3.47. The second-order valence-electron chi connectivity index (χ2n) is 4.59. The van der Waals surface area contributed by atoms with Crippen LogP contribution in [-0.4, -0.2) is 15.8 Å². The molecular weight excluding hydrogens is 186 g/mol. The van der Waals surface area contributed by atoms with Crippen LogP contribution in [0.1, 0.15) is 50.4 Å². The fourth-order valence-corrected chi connectivity index (χ4v) is 2.34. The highest BCUT2D eigenvalue weighted by Gasteiger charge is 2.23. The Morgan fingerprint density at radius 2 is 2.47 bits per heavy atom. The number of nitrogens with one attached hydrogen (secondary N) is 1. The smallest absolute Gasteiger partial charge is 0.0540 e. The standard InChI is InChI=1S/C12H21N3/c1-4-9(2)14-11-6-5-7-12-10(11)8-13-15(12)3/h8-9,11,14H,4-7H2,1-3H3. The van der Waals surface area contributed by atoms with Crippen molar-refractivity contribution in [3.63, 3.8) is 0 Å². The summed E-state index contributed by atoms with van der Waals surface area (Å²) in [4.78, 5) is 0. The van der Waals surface area contributed by atoms with Crippen LogP contribution in [0.25, 0.3) is 0 Å². The van der Waals surface area contributed by atoms with Gasteiger partial charge in [0.1, 0.15) is 0 Å². The lowest BCUT2D eigenvalue weighted by atomic mass is 9.92. The minimum Gasteiger partial charge on any atom is -0.307 e. The molecule has 1 heterocycles. The Hall–Kier alpha value is -0.830. The van der Waals surface area contributed by atoms with E-state index < -0.39 is 0 Å². The van der Waals surface area contributed by atoms with Crippen molar-refractivity contribution < 1.29 is 0 Å². The zero-order chi connectivity index (χ0) is 10.8. The van der Waals surface area contributed by atoms with Gasteiger partial charge >= 0.3 is 0 Å². The summed E-state index contributed by atoms with van der Waals surface area (Å²) in [5, 5.41) is 8.04. The first-order valence-electron chi connectivity index (χ1n) is 5.99. The second kappa shape index (κ2) is 4.35. The molecule has 0 saturated heterocycles. The quantitative estimate of drug-likeness (QED) is 0.823. The van der Waals surface area contributed by atoms with E-state index in [1.165, 1.54) is 36.9 Å². The van der Waals surface area contributed by atoms with E-state index in [4.69, 9.17) is 0 Å². The average molecular weight is 207 g/mol. The number of nitrogens with zero attached hydrogens (tertiary/aromatic N) is 2. The monoisotopic (exact) mass is 207 g/mol. The fourth-order valence-electron chi connectivity index (χ4n) is 2.34. The van der Waals surface area contributed by atoms with Gasteiger partial charge in [0.15, 0.2) is 0 Å². The lowest BCUT2D eigenvalue weighted by molar-refractivity contribution is 0.399. The zero-order valence-electron chi connectivity index (χ0n) is 9.95. The maximum absolute atomic E-state index is 4.36. The van der Waals surface area contributed by atoms with Crippen molar-refractivity contribution in [2.45, 2.75) is 51.6 Å².